The summed E-state index contributed by atoms with van der Waals surface area (Å²) in [4.78, 5) is 2.44. The Balaban J connectivity index is 0.00000278. The van der Waals surface area contributed by atoms with Gasteiger partial charge in [-0.3, -0.25) is 4.90 Å². The van der Waals surface area contributed by atoms with Crippen LogP contribution in [0.25, 0.3) is 27.4 Å². The normalized spacial score (nSPS) is 22.0. The molecule has 1 aromatic heterocycles. The van der Waals surface area contributed by atoms with Gasteiger partial charge in [-0.05, 0) is 102 Å². The van der Waals surface area contributed by atoms with Gasteiger partial charge < -0.3 is 24.5 Å². The van der Waals surface area contributed by atoms with Gasteiger partial charge in [-0.1, -0.05) is 125 Å². The molecule has 3 aromatic carbocycles. The Morgan fingerprint density at radius 1 is 0.735 bits per heavy atom. The SMILES string of the molecule is CN(C)C1(C(C)(C)CC(C)(C)C)C=C(c2ccccc2)C(O)C(C)(n2c3ccc(C(C)(C)C)cc3c3cc(C(C)(C)C)ccc32)C1.[CH3-].[CH3-].[Hf]. The first-order chi connectivity index (χ1) is 21.0. The number of hydrogen-bond acceptors (Lipinski definition) is 2. The van der Waals surface area contributed by atoms with E-state index in [2.05, 4.69) is 179 Å². The van der Waals surface area contributed by atoms with Gasteiger partial charge >= 0.3 is 0 Å². The second-order valence-corrected chi connectivity index (χ2v) is 18.6. The molecule has 0 spiro atoms. The number of aliphatic hydroxyl groups excluding tert-OH is 1. The molecule has 0 fully saturated rings. The maximum atomic E-state index is 12.8. The second-order valence-electron chi connectivity index (χ2n) is 18.6. The molecular weight excluding hydrogens is 763 g/mol. The van der Waals surface area contributed by atoms with Crippen LogP contribution >= 0.6 is 0 Å². The van der Waals surface area contributed by atoms with Gasteiger partial charge in [0.15, 0.2) is 0 Å². The standard InChI is InChI=1S/C43H60N2O.2CH3.Hf/c1-38(2,3)27-41(10,11)43(44(13)14)26-34(29-18-16-15-17-19-29)37(46)42(12,28-43)45-35-22-20-30(39(4,5)6)24-32(35)33-25-31(40(7,8)9)21-23-36(33)45;;;/h15-26,37,46H,27-28H2,1-14H3;2*1H3;/q;2*-1;. The molecule has 1 heterocycles. The summed E-state index contributed by atoms with van der Waals surface area (Å²) < 4.78 is 2.52. The third-order valence-electron chi connectivity index (χ3n) is 11.0. The Labute approximate surface area is 319 Å². The summed E-state index contributed by atoms with van der Waals surface area (Å²) in [7, 11) is 4.47. The smallest absolute Gasteiger partial charge is 0.103 e. The van der Waals surface area contributed by atoms with Crippen LogP contribution in [-0.4, -0.2) is 40.3 Å². The molecule has 0 aliphatic heterocycles. The number of hydrogen-bond donors (Lipinski definition) is 1. The molecule has 4 heteroatoms. The van der Waals surface area contributed by atoms with Gasteiger partial charge in [0.05, 0.1) is 5.54 Å². The van der Waals surface area contributed by atoms with E-state index in [9.17, 15) is 5.11 Å². The average molecular weight is 830 g/mol. The maximum Gasteiger partial charge on any atom is 0.103 e. The van der Waals surface area contributed by atoms with E-state index in [1.54, 1.807) is 0 Å². The van der Waals surface area contributed by atoms with Crippen molar-refractivity contribution in [2.75, 3.05) is 14.1 Å². The predicted octanol–water partition coefficient (Wildman–Crippen LogP) is 11.6. The maximum absolute atomic E-state index is 12.8. The molecule has 1 aliphatic carbocycles. The van der Waals surface area contributed by atoms with Crippen LogP contribution in [0.4, 0.5) is 0 Å². The Hall–Kier alpha value is -2.01. The number of aliphatic hydroxyl groups is 1. The number of fused-ring (bicyclic) bond motifs is 3. The van der Waals surface area contributed by atoms with Crippen LogP contribution in [0.15, 0.2) is 72.8 Å². The van der Waals surface area contributed by atoms with E-state index in [1.807, 2.05) is 0 Å². The minimum absolute atomic E-state index is 0. The van der Waals surface area contributed by atoms with Gasteiger partial charge in [0.1, 0.15) is 6.10 Å². The zero-order valence-corrected chi connectivity index (χ0v) is 37.4. The van der Waals surface area contributed by atoms with Crippen molar-refractivity contribution in [1.29, 1.82) is 0 Å². The fourth-order valence-corrected chi connectivity index (χ4v) is 8.75. The zero-order valence-electron chi connectivity index (χ0n) is 33.8. The fraction of sp³-hybridized carbons (Fsp3) is 0.511. The fourth-order valence-electron chi connectivity index (χ4n) is 8.75. The van der Waals surface area contributed by atoms with Crippen molar-refractivity contribution in [1.82, 2.24) is 9.47 Å². The van der Waals surface area contributed by atoms with Crippen LogP contribution < -0.4 is 0 Å². The summed E-state index contributed by atoms with van der Waals surface area (Å²) in [6, 6.07) is 24.6. The van der Waals surface area contributed by atoms with Crippen molar-refractivity contribution in [2.24, 2.45) is 10.8 Å². The van der Waals surface area contributed by atoms with Crippen molar-refractivity contribution < 1.29 is 30.9 Å². The minimum atomic E-state index is -0.711. The van der Waals surface area contributed by atoms with E-state index in [1.165, 1.54) is 32.9 Å². The summed E-state index contributed by atoms with van der Waals surface area (Å²) in [5, 5.41) is 15.3. The van der Waals surface area contributed by atoms with Crippen molar-refractivity contribution >= 4 is 27.4 Å². The Morgan fingerprint density at radius 3 is 1.57 bits per heavy atom. The van der Waals surface area contributed by atoms with Crippen molar-refractivity contribution in [3.8, 4) is 0 Å². The van der Waals surface area contributed by atoms with Gasteiger partial charge in [-0.15, -0.1) is 0 Å². The first-order valence-electron chi connectivity index (χ1n) is 17.3. The molecule has 49 heavy (non-hydrogen) atoms. The first-order valence-corrected chi connectivity index (χ1v) is 17.3. The van der Waals surface area contributed by atoms with Gasteiger partial charge in [-0.25, -0.2) is 0 Å². The zero-order chi connectivity index (χ0) is 34.3. The molecule has 0 saturated carbocycles. The molecule has 1 aliphatic rings. The average Bonchev–Trinajstić information content (AvgIpc) is 3.26. The van der Waals surface area contributed by atoms with E-state index in [-0.39, 0.29) is 67.9 Å². The second kappa shape index (κ2) is 14.2. The summed E-state index contributed by atoms with van der Waals surface area (Å²) in [6.45, 7) is 28.0. The van der Waals surface area contributed by atoms with Crippen LogP contribution in [0, 0.1) is 25.7 Å². The molecule has 1 N–H and O–H groups in total. The van der Waals surface area contributed by atoms with Crippen LogP contribution in [0.2, 0.25) is 0 Å². The van der Waals surface area contributed by atoms with E-state index >= 15 is 0 Å². The van der Waals surface area contributed by atoms with Crippen molar-refractivity contribution in [3.05, 3.63) is 104 Å². The first kappa shape index (κ1) is 43.2. The van der Waals surface area contributed by atoms with Crippen LogP contribution in [0.3, 0.4) is 0 Å². The molecular formula is C45H66HfN2O-2. The molecule has 5 rings (SSSR count). The summed E-state index contributed by atoms with van der Waals surface area (Å²) in [5.41, 5.74) is 6.23. The number of likely N-dealkylation sites (N-methyl/N-ethyl adjacent to an activating group) is 1. The van der Waals surface area contributed by atoms with E-state index < -0.39 is 11.6 Å². The Bertz CT molecular complexity index is 1700. The topological polar surface area (TPSA) is 28.4 Å². The molecule has 0 radical (unpaired) electrons. The molecule has 268 valence electrons. The van der Waals surface area contributed by atoms with E-state index in [0.717, 1.165) is 24.0 Å². The summed E-state index contributed by atoms with van der Waals surface area (Å²) >= 11 is 0. The number of benzene rings is 3. The molecule has 3 unspecified atom stereocenters. The Morgan fingerprint density at radius 2 is 1.18 bits per heavy atom. The molecule has 3 atom stereocenters. The van der Waals surface area contributed by atoms with Crippen LogP contribution in [0.5, 0.6) is 0 Å². The summed E-state index contributed by atoms with van der Waals surface area (Å²) in [6.07, 6.45) is 3.54. The Kier molecular flexibility index (Phi) is 12.5. The molecule has 0 saturated heterocycles. The van der Waals surface area contributed by atoms with Gasteiger partial charge in [-0.2, -0.15) is 0 Å². The number of nitrogens with zero attached hydrogens (tertiary/aromatic N) is 2. The molecule has 4 aromatic rings. The third kappa shape index (κ3) is 7.63. The van der Waals surface area contributed by atoms with Crippen molar-refractivity contribution in [2.45, 2.75) is 124 Å². The van der Waals surface area contributed by atoms with Crippen LogP contribution in [0.1, 0.15) is 113 Å². The third-order valence-corrected chi connectivity index (χ3v) is 11.0. The van der Waals surface area contributed by atoms with E-state index in [0.29, 0.717) is 0 Å². The number of rotatable bonds is 5. The minimum Gasteiger partial charge on any atom is -0.386 e. The van der Waals surface area contributed by atoms with E-state index in [4.69, 9.17) is 0 Å². The van der Waals surface area contributed by atoms with Gasteiger partial charge in [0, 0.05) is 53.2 Å². The number of aromatic nitrogens is 1. The molecule has 3 nitrogen and oxygen atoms in total. The summed E-state index contributed by atoms with van der Waals surface area (Å²) in [5.74, 6) is 0. The van der Waals surface area contributed by atoms with Gasteiger partial charge in [0.25, 0.3) is 0 Å². The monoisotopic (exact) mass is 830 g/mol. The molecule has 0 amide bonds. The molecule has 0 bridgehead atoms. The predicted molar refractivity (Wildman–Crippen MR) is 213 cm³/mol. The van der Waals surface area contributed by atoms with Crippen molar-refractivity contribution in [3.63, 3.8) is 0 Å². The van der Waals surface area contributed by atoms with Gasteiger partial charge in [0.2, 0.25) is 0 Å². The van der Waals surface area contributed by atoms with Crippen LogP contribution in [-0.2, 0) is 42.2 Å². The quantitative estimate of drug-likeness (QED) is 0.160. The largest absolute Gasteiger partial charge is 0.386 e.